The van der Waals surface area contributed by atoms with Gasteiger partial charge in [0, 0.05) is 49.4 Å². The van der Waals surface area contributed by atoms with Crippen molar-refractivity contribution in [2.24, 2.45) is 7.05 Å². The second-order valence-electron chi connectivity index (χ2n) is 8.50. The van der Waals surface area contributed by atoms with Gasteiger partial charge in [0.2, 0.25) is 5.88 Å². The summed E-state index contributed by atoms with van der Waals surface area (Å²) in [7, 11) is 1.85. The molecule has 1 aliphatic rings. The Morgan fingerprint density at radius 2 is 2.07 bits per heavy atom. The molecule has 0 saturated carbocycles. The molecule has 1 atom stereocenters. The Morgan fingerprint density at radius 3 is 2.76 bits per heavy atom. The van der Waals surface area contributed by atoms with Crippen LogP contribution >= 0.6 is 0 Å². The van der Waals surface area contributed by atoms with Crippen molar-refractivity contribution in [3.05, 3.63) is 30.4 Å². The van der Waals surface area contributed by atoms with Crippen LogP contribution < -0.4 is 0 Å². The lowest BCUT2D eigenvalue weighted by atomic mass is 9.94. The first kappa shape index (κ1) is 19.2. The van der Waals surface area contributed by atoms with Crippen LogP contribution in [-0.4, -0.2) is 59.2 Å². The van der Waals surface area contributed by atoms with Crippen LogP contribution in [0.25, 0.3) is 16.8 Å². The number of fused-ring (bicyclic) bond motifs is 1. The van der Waals surface area contributed by atoms with E-state index in [1.165, 1.54) is 4.52 Å². The fourth-order valence-electron chi connectivity index (χ4n) is 3.65. The number of piperidine rings is 1. The van der Waals surface area contributed by atoms with Gasteiger partial charge in [0.05, 0.1) is 18.1 Å². The van der Waals surface area contributed by atoms with Crippen LogP contribution in [0.4, 0.5) is 4.79 Å². The number of ether oxygens (including phenoxy) is 1. The van der Waals surface area contributed by atoms with Gasteiger partial charge >= 0.3 is 6.09 Å². The number of hydrogen-bond donors (Lipinski definition) is 1. The fourth-order valence-corrected chi connectivity index (χ4v) is 3.65. The summed E-state index contributed by atoms with van der Waals surface area (Å²) in [4.78, 5) is 19.0. The van der Waals surface area contributed by atoms with Gasteiger partial charge in [-0.25, -0.2) is 9.78 Å². The highest BCUT2D eigenvalue weighted by molar-refractivity contribution is 5.76. The van der Waals surface area contributed by atoms with Gasteiger partial charge in [-0.2, -0.15) is 14.7 Å². The van der Waals surface area contributed by atoms with Gasteiger partial charge in [0.25, 0.3) is 0 Å². The van der Waals surface area contributed by atoms with Crippen LogP contribution in [0.1, 0.15) is 45.2 Å². The van der Waals surface area contributed by atoms with Crippen LogP contribution in [-0.2, 0) is 11.8 Å². The normalized spacial score (nSPS) is 17.7. The lowest BCUT2D eigenvalue weighted by Crippen LogP contribution is -2.42. The molecule has 0 bridgehead atoms. The topological polar surface area (TPSA) is 97.8 Å². The third-order valence-corrected chi connectivity index (χ3v) is 4.98. The summed E-state index contributed by atoms with van der Waals surface area (Å²) in [6.45, 7) is 6.75. The molecule has 154 valence electrons. The minimum absolute atomic E-state index is 0.0174. The first-order chi connectivity index (χ1) is 13.7. The number of carbonyl (C=O) groups is 1. The third-order valence-electron chi connectivity index (χ3n) is 4.98. The van der Waals surface area contributed by atoms with E-state index in [0.717, 1.165) is 29.7 Å². The molecular formula is C20H26N6O3. The molecule has 1 fully saturated rings. The molecule has 0 radical (unpaired) electrons. The minimum Gasteiger partial charge on any atom is -0.493 e. The van der Waals surface area contributed by atoms with Gasteiger partial charge < -0.3 is 14.7 Å². The van der Waals surface area contributed by atoms with Gasteiger partial charge in [0.15, 0.2) is 5.65 Å². The Hall–Kier alpha value is -3.10. The maximum Gasteiger partial charge on any atom is 0.410 e. The van der Waals surface area contributed by atoms with Crippen LogP contribution in [0.5, 0.6) is 5.88 Å². The molecule has 1 saturated heterocycles. The molecule has 0 spiro atoms. The zero-order valence-electron chi connectivity index (χ0n) is 17.2. The number of carbonyl (C=O) groups excluding carboxylic acids is 1. The van der Waals surface area contributed by atoms with Gasteiger partial charge in [-0.15, -0.1) is 0 Å². The van der Waals surface area contributed by atoms with E-state index in [1.54, 1.807) is 28.0 Å². The van der Waals surface area contributed by atoms with E-state index in [0.29, 0.717) is 18.7 Å². The molecule has 4 rings (SSSR count). The molecule has 0 aliphatic carbocycles. The van der Waals surface area contributed by atoms with Crippen molar-refractivity contribution >= 4 is 11.7 Å². The van der Waals surface area contributed by atoms with E-state index in [9.17, 15) is 9.90 Å². The van der Waals surface area contributed by atoms with Crippen molar-refractivity contribution in [3.8, 4) is 17.0 Å². The van der Waals surface area contributed by atoms with Gasteiger partial charge in [-0.1, -0.05) is 0 Å². The van der Waals surface area contributed by atoms with Crippen LogP contribution in [0.15, 0.2) is 24.7 Å². The van der Waals surface area contributed by atoms with E-state index in [1.807, 2.05) is 34.0 Å². The summed E-state index contributed by atoms with van der Waals surface area (Å²) in [5.74, 6) is 0.0401. The Kier molecular flexibility index (Phi) is 4.68. The minimum atomic E-state index is -0.532. The number of likely N-dealkylation sites (tertiary alicyclic amines) is 1. The molecule has 3 aromatic rings. The highest BCUT2D eigenvalue weighted by atomic mass is 16.6. The van der Waals surface area contributed by atoms with Gasteiger partial charge in [-0.05, 0) is 33.6 Å². The summed E-state index contributed by atoms with van der Waals surface area (Å²) < 4.78 is 8.64. The lowest BCUT2D eigenvalue weighted by Gasteiger charge is -2.34. The number of aryl methyl sites for hydroxylation is 1. The molecule has 1 N–H and O–H groups in total. The Balaban J connectivity index is 1.64. The molecular weight excluding hydrogens is 372 g/mol. The average Bonchev–Trinajstić information content (AvgIpc) is 3.26. The molecule has 9 nitrogen and oxygen atoms in total. The van der Waals surface area contributed by atoms with Crippen LogP contribution in [0, 0.1) is 0 Å². The van der Waals surface area contributed by atoms with E-state index in [2.05, 4.69) is 10.2 Å². The average molecular weight is 398 g/mol. The summed E-state index contributed by atoms with van der Waals surface area (Å²) in [5.41, 5.74) is 2.47. The number of amides is 1. The summed E-state index contributed by atoms with van der Waals surface area (Å²) in [6, 6.07) is 1.64. The van der Waals surface area contributed by atoms with Gasteiger partial charge in [-0.3, -0.25) is 4.68 Å². The molecule has 4 heterocycles. The maximum atomic E-state index is 12.5. The number of hydrogen-bond acceptors (Lipinski definition) is 6. The highest BCUT2D eigenvalue weighted by Crippen LogP contribution is 2.31. The fraction of sp³-hybridized carbons (Fsp3) is 0.500. The molecule has 1 amide bonds. The highest BCUT2D eigenvalue weighted by Gasteiger charge is 2.30. The Labute approximate surface area is 168 Å². The predicted octanol–water partition coefficient (Wildman–Crippen LogP) is 2.95. The van der Waals surface area contributed by atoms with Crippen LogP contribution in [0.3, 0.4) is 0 Å². The smallest absolute Gasteiger partial charge is 0.410 e. The second-order valence-corrected chi connectivity index (χ2v) is 8.50. The zero-order valence-corrected chi connectivity index (χ0v) is 17.2. The largest absolute Gasteiger partial charge is 0.493 e. The quantitative estimate of drug-likeness (QED) is 0.713. The molecule has 1 unspecified atom stereocenters. The van der Waals surface area contributed by atoms with E-state index in [-0.39, 0.29) is 17.9 Å². The van der Waals surface area contributed by atoms with E-state index < -0.39 is 5.60 Å². The zero-order chi connectivity index (χ0) is 20.8. The van der Waals surface area contributed by atoms with Gasteiger partial charge in [0.1, 0.15) is 5.60 Å². The van der Waals surface area contributed by atoms with E-state index in [4.69, 9.17) is 9.72 Å². The van der Waals surface area contributed by atoms with Crippen molar-refractivity contribution in [1.82, 2.24) is 29.3 Å². The van der Waals surface area contributed by atoms with Crippen molar-refractivity contribution in [2.75, 3.05) is 13.1 Å². The molecule has 9 heteroatoms. The second kappa shape index (κ2) is 7.06. The standard InChI is InChI=1S/C20H26N6O3/c1-20(2,3)29-19(28)25-7-5-6-13(12-25)16-8-17(27)26-18(23-16)15(10-22-26)14-9-21-24(4)11-14/h8-11,13,27H,5-7,12H2,1-4H3. The monoisotopic (exact) mass is 398 g/mol. The molecule has 0 aromatic carbocycles. The molecule has 1 aliphatic heterocycles. The number of nitrogens with zero attached hydrogens (tertiary/aromatic N) is 6. The third kappa shape index (κ3) is 3.90. The SMILES string of the molecule is Cn1cc(-c2cnn3c(O)cc(C4CCCN(C(=O)OC(C)(C)C)C4)nc23)cn1. The summed E-state index contributed by atoms with van der Waals surface area (Å²) in [5, 5.41) is 19.0. The first-order valence-electron chi connectivity index (χ1n) is 9.76. The van der Waals surface area contributed by atoms with Crippen molar-refractivity contribution in [2.45, 2.75) is 45.1 Å². The Morgan fingerprint density at radius 1 is 1.28 bits per heavy atom. The number of aromatic nitrogens is 5. The Bertz CT molecular complexity index is 1050. The molecule has 29 heavy (non-hydrogen) atoms. The lowest BCUT2D eigenvalue weighted by molar-refractivity contribution is 0.0197. The number of rotatable bonds is 2. The maximum absolute atomic E-state index is 12.5. The summed E-state index contributed by atoms with van der Waals surface area (Å²) >= 11 is 0. The predicted molar refractivity (Wildman–Crippen MR) is 107 cm³/mol. The van der Waals surface area contributed by atoms with Crippen molar-refractivity contribution in [3.63, 3.8) is 0 Å². The van der Waals surface area contributed by atoms with E-state index >= 15 is 0 Å². The molecule has 3 aromatic heterocycles. The van der Waals surface area contributed by atoms with Crippen molar-refractivity contribution in [1.29, 1.82) is 0 Å². The summed E-state index contributed by atoms with van der Waals surface area (Å²) in [6.07, 6.45) is 6.73. The first-order valence-corrected chi connectivity index (χ1v) is 9.76. The van der Waals surface area contributed by atoms with Crippen molar-refractivity contribution < 1.29 is 14.6 Å². The van der Waals surface area contributed by atoms with Crippen LogP contribution in [0.2, 0.25) is 0 Å². The number of aromatic hydroxyl groups is 1.